The number of benzene rings is 1. The lowest BCUT2D eigenvalue weighted by molar-refractivity contribution is -0.112. The molecule has 1 heterocycles. The van der Waals surface area contributed by atoms with Crippen LogP contribution in [0.4, 0.5) is 4.79 Å². The molecule has 1 aliphatic heterocycles. The molecule has 0 saturated carbocycles. The lowest BCUT2D eigenvalue weighted by atomic mass is 9.99. The second-order valence-corrected chi connectivity index (χ2v) is 6.64. The minimum atomic E-state index is -0.496. The Morgan fingerprint density at radius 1 is 1.29 bits per heavy atom. The molecule has 0 fully saturated rings. The quantitative estimate of drug-likeness (QED) is 0.590. The average molecular weight is 335 g/mol. The predicted molar refractivity (Wildman–Crippen MR) is 89.2 cm³/mol. The summed E-state index contributed by atoms with van der Waals surface area (Å²) in [6.07, 6.45) is 1.15. The van der Waals surface area contributed by atoms with Crippen LogP contribution in [-0.4, -0.2) is 49.2 Å². The van der Waals surface area contributed by atoms with Crippen molar-refractivity contribution in [3.8, 4) is 5.75 Å². The Labute approximate surface area is 142 Å². The molecule has 0 spiro atoms. The number of ether oxygens (including phenoxy) is 3. The summed E-state index contributed by atoms with van der Waals surface area (Å²) in [5.41, 5.74) is 1.69. The van der Waals surface area contributed by atoms with E-state index in [-0.39, 0.29) is 12.7 Å². The maximum Gasteiger partial charge on any atom is 0.410 e. The summed E-state index contributed by atoms with van der Waals surface area (Å²) in [6, 6.07) is 5.84. The van der Waals surface area contributed by atoms with Crippen molar-refractivity contribution >= 4 is 12.4 Å². The zero-order chi connectivity index (χ0) is 17.6. The molecule has 0 atom stereocenters. The fraction of sp³-hybridized carbons (Fsp3) is 0.556. The molecular formula is C18H25NO5. The van der Waals surface area contributed by atoms with Crippen LogP contribution in [0.3, 0.4) is 0 Å². The lowest BCUT2D eigenvalue weighted by Gasteiger charge is -2.31. The van der Waals surface area contributed by atoms with E-state index >= 15 is 0 Å². The third-order valence-electron chi connectivity index (χ3n) is 3.55. The highest BCUT2D eigenvalue weighted by Crippen LogP contribution is 2.28. The molecule has 0 N–H and O–H groups in total. The minimum Gasteiger partial charge on any atom is -0.491 e. The molecule has 1 aromatic carbocycles. The first-order valence-corrected chi connectivity index (χ1v) is 8.13. The first kappa shape index (κ1) is 18.3. The summed E-state index contributed by atoms with van der Waals surface area (Å²) in [5, 5.41) is 0. The van der Waals surface area contributed by atoms with Crippen LogP contribution in [-0.2, 0) is 27.2 Å². The van der Waals surface area contributed by atoms with Crippen molar-refractivity contribution in [3.05, 3.63) is 29.3 Å². The molecule has 0 bridgehead atoms. The Hall–Kier alpha value is -2.08. The van der Waals surface area contributed by atoms with Crippen molar-refractivity contribution in [1.82, 2.24) is 4.90 Å². The summed E-state index contributed by atoms with van der Waals surface area (Å²) in [7, 11) is 0. The van der Waals surface area contributed by atoms with E-state index in [1.807, 2.05) is 39.0 Å². The molecule has 1 amide bonds. The smallest absolute Gasteiger partial charge is 0.410 e. The van der Waals surface area contributed by atoms with E-state index in [1.54, 1.807) is 4.90 Å². The molecule has 24 heavy (non-hydrogen) atoms. The molecular weight excluding hydrogens is 310 g/mol. The van der Waals surface area contributed by atoms with Crippen LogP contribution in [0.5, 0.6) is 5.75 Å². The first-order valence-electron chi connectivity index (χ1n) is 8.13. The molecule has 2 rings (SSSR count). The van der Waals surface area contributed by atoms with Gasteiger partial charge in [-0.2, -0.15) is 0 Å². The van der Waals surface area contributed by atoms with Gasteiger partial charge < -0.3 is 23.9 Å². The number of carbonyl (C=O) groups excluding carboxylic acids is 2. The normalized spacial score (nSPS) is 14.0. The van der Waals surface area contributed by atoms with Gasteiger partial charge in [-0.15, -0.1) is 0 Å². The predicted octanol–water partition coefficient (Wildman–Crippen LogP) is 2.57. The lowest BCUT2D eigenvalue weighted by Crippen LogP contribution is -2.40. The van der Waals surface area contributed by atoms with Crippen LogP contribution in [0.15, 0.2) is 18.2 Å². The standard InChI is InChI=1S/C18H25NO5/c1-18(2,3)24-17(21)19-8-7-15-14(13-19)5-4-6-16(15)23-12-11-22-10-9-20/h4-6,9H,7-8,10-13H2,1-3H3. The molecule has 6 heteroatoms. The summed E-state index contributed by atoms with van der Waals surface area (Å²) in [5.74, 6) is 0.811. The van der Waals surface area contributed by atoms with Crippen LogP contribution in [0.25, 0.3) is 0 Å². The second-order valence-electron chi connectivity index (χ2n) is 6.64. The van der Waals surface area contributed by atoms with Crippen LogP contribution in [0.1, 0.15) is 31.9 Å². The maximum atomic E-state index is 12.2. The minimum absolute atomic E-state index is 0.0844. The SMILES string of the molecule is CC(C)(C)OC(=O)N1CCc2c(cccc2OCCOCC=O)C1. The third kappa shape index (κ3) is 5.23. The van der Waals surface area contributed by atoms with E-state index in [0.717, 1.165) is 29.6 Å². The molecule has 1 aliphatic rings. The molecule has 0 aromatic heterocycles. The van der Waals surface area contributed by atoms with Crippen molar-refractivity contribution < 1.29 is 23.8 Å². The number of rotatable bonds is 6. The average Bonchev–Trinajstić information content (AvgIpc) is 2.52. The molecule has 0 aliphatic carbocycles. The largest absolute Gasteiger partial charge is 0.491 e. The van der Waals surface area contributed by atoms with Crippen LogP contribution in [0.2, 0.25) is 0 Å². The first-order chi connectivity index (χ1) is 11.4. The Bertz CT molecular complexity index is 579. The zero-order valence-corrected chi connectivity index (χ0v) is 14.5. The van der Waals surface area contributed by atoms with Crippen molar-refractivity contribution in [1.29, 1.82) is 0 Å². The van der Waals surface area contributed by atoms with E-state index in [0.29, 0.717) is 26.3 Å². The number of fused-ring (bicyclic) bond motifs is 1. The monoisotopic (exact) mass is 335 g/mol. The van der Waals surface area contributed by atoms with Gasteiger partial charge in [0.2, 0.25) is 0 Å². The van der Waals surface area contributed by atoms with Crippen LogP contribution >= 0.6 is 0 Å². The highest BCUT2D eigenvalue weighted by Gasteiger charge is 2.26. The molecule has 0 radical (unpaired) electrons. The van der Waals surface area contributed by atoms with Gasteiger partial charge in [0.05, 0.1) is 6.61 Å². The number of hydrogen-bond donors (Lipinski definition) is 0. The van der Waals surface area contributed by atoms with Gasteiger partial charge in [-0.1, -0.05) is 12.1 Å². The van der Waals surface area contributed by atoms with Gasteiger partial charge in [0.1, 0.15) is 30.9 Å². The van der Waals surface area contributed by atoms with Crippen molar-refractivity contribution in [2.24, 2.45) is 0 Å². The molecule has 1 aromatic rings. The van der Waals surface area contributed by atoms with E-state index < -0.39 is 5.60 Å². The van der Waals surface area contributed by atoms with Gasteiger partial charge in [0.15, 0.2) is 0 Å². The van der Waals surface area contributed by atoms with Gasteiger partial charge in [0, 0.05) is 18.7 Å². The van der Waals surface area contributed by atoms with Crippen molar-refractivity contribution in [3.63, 3.8) is 0 Å². The van der Waals surface area contributed by atoms with Crippen molar-refractivity contribution in [2.45, 2.75) is 39.3 Å². The Balaban J connectivity index is 1.96. The highest BCUT2D eigenvalue weighted by molar-refractivity contribution is 5.69. The molecule has 0 saturated heterocycles. The zero-order valence-electron chi connectivity index (χ0n) is 14.5. The fourth-order valence-electron chi connectivity index (χ4n) is 2.53. The van der Waals surface area contributed by atoms with E-state index in [1.165, 1.54) is 0 Å². The van der Waals surface area contributed by atoms with Crippen LogP contribution < -0.4 is 4.74 Å². The fourth-order valence-corrected chi connectivity index (χ4v) is 2.53. The maximum absolute atomic E-state index is 12.2. The summed E-state index contributed by atoms with van der Waals surface area (Å²) < 4.78 is 16.3. The third-order valence-corrected chi connectivity index (χ3v) is 3.55. The van der Waals surface area contributed by atoms with Gasteiger partial charge in [-0.25, -0.2) is 4.79 Å². The van der Waals surface area contributed by atoms with E-state index in [9.17, 15) is 9.59 Å². The van der Waals surface area contributed by atoms with Gasteiger partial charge >= 0.3 is 6.09 Å². The van der Waals surface area contributed by atoms with E-state index in [4.69, 9.17) is 14.2 Å². The number of aldehydes is 1. The topological polar surface area (TPSA) is 65.1 Å². The van der Waals surface area contributed by atoms with Gasteiger partial charge in [-0.05, 0) is 38.8 Å². The number of hydrogen-bond acceptors (Lipinski definition) is 5. The molecule has 6 nitrogen and oxygen atoms in total. The summed E-state index contributed by atoms with van der Waals surface area (Å²) in [6.45, 7) is 7.55. The second kappa shape index (κ2) is 8.15. The molecule has 132 valence electrons. The molecule has 0 unspecified atom stereocenters. The van der Waals surface area contributed by atoms with Crippen LogP contribution in [0, 0.1) is 0 Å². The number of nitrogens with zero attached hydrogens (tertiary/aromatic N) is 1. The summed E-state index contributed by atoms with van der Waals surface area (Å²) in [4.78, 5) is 24.1. The Morgan fingerprint density at radius 2 is 2.08 bits per heavy atom. The Morgan fingerprint density at radius 3 is 2.79 bits per heavy atom. The summed E-state index contributed by atoms with van der Waals surface area (Å²) >= 11 is 0. The van der Waals surface area contributed by atoms with Crippen molar-refractivity contribution in [2.75, 3.05) is 26.4 Å². The Kier molecular flexibility index (Phi) is 6.20. The highest BCUT2D eigenvalue weighted by atomic mass is 16.6. The number of carbonyl (C=O) groups is 2. The van der Waals surface area contributed by atoms with Gasteiger partial charge in [0.25, 0.3) is 0 Å². The van der Waals surface area contributed by atoms with Gasteiger partial charge in [-0.3, -0.25) is 0 Å². The number of amides is 1. The van der Waals surface area contributed by atoms with E-state index in [2.05, 4.69) is 0 Å².